The molecule has 1 aromatic carbocycles. The van der Waals surface area contributed by atoms with Gasteiger partial charge in [0.15, 0.2) is 0 Å². The molecular formula is C18H31N. The summed E-state index contributed by atoms with van der Waals surface area (Å²) in [6.07, 6.45) is 2.26. The molecule has 1 nitrogen and oxygen atoms in total. The van der Waals surface area contributed by atoms with Gasteiger partial charge < -0.3 is 5.73 Å². The fourth-order valence-electron chi connectivity index (χ4n) is 2.89. The Morgan fingerprint density at radius 3 is 2.21 bits per heavy atom. The lowest BCUT2D eigenvalue weighted by atomic mass is 9.77. The first-order valence-electron chi connectivity index (χ1n) is 7.59. The first-order valence-corrected chi connectivity index (χ1v) is 7.59. The standard InChI is InChI=1S/C18H31N/c1-13(2)17-15(12-14(3)10-11-19)8-7-9-16(17)18(4,5)6/h7-9,13-14H,10-12,19H2,1-6H3. The number of hydrogen-bond donors (Lipinski definition) is 1. The third kappa shape index (κ3) is 4.35. The Morgan fingerprint density at radius 1 is 1.11 bits per heavy atom. The number of rotatable bonds is 5. The number of nitrogens with two attached hydrogens (primary N) is 1. The summed E-state index contributed by atoms with van der Waals surface area (Å²) in [5.41, 5.74) is 10.5. The summed E-state index contributed by atoms with van der Waals surface area (Å²) in [7, 11) is 0. The summed E-state index contributed by atoms with van der Waals surface area (Å²) < 4.78 is 0. The molecule has 1 heteroatoms. The van der Waals surface area contributed by atoms with Gasteiger partial charge in [-0.05, 0) is 53.3 Å². The van der Waals surface area contributed by atoms with Gasteiger partial charge in [-0.15, -0.1) is 0 Å². The maximum atomic E-state index is 5.68. The van der Waals surface area contributed by atoms with Gasteiger partial charge in [0, 0.05) is 0 Å². The molecule has 1 atom stereocenters. The maximum Gasteiger partial charge on any atom is -0.00746 e. The zero-order valence-corrected chi connectivity index (χ0v) is 13.6. The highest BCUT2D eigenvalue weighted by Crippen LogP contribution is 2.34. The van der Waals surface area contributed by atoms with Crippen molar-refractivity contribution in [3.05, 3.63) is 34.9 Å². The van der Waals surface area contributed by atoms with Crippen molar-refractivity contribution in [1.82, 2.24) is 0 Å². The van der Waals surface area contributed by atoms with E-state index in [0.29, 0.717) is 11.8 Å². The summed E-state index contributed by atoms with van der Waals surface area (Å²) in [6.45, 7) is 14.6. The van der Waals surface area contributed by atoms with E-state index in [0.717, 1.165) is 19.4 Å². The van der Waals surface area contributed by atoms with Crippen molar-refractivity contribution in [1.29, 1.82) is 0 Å². The number of hydrogen-bond acceptors (Lipinski definition) is 1. The molecule has 19 heavy (non-hydrogen) atoms. The molecule has 1 unspecified atom stereocenters. The Hall–Kier alpha value is -0.820. The summed E-state index contributed by atoms with van der Waals surface area (Å²) in [4.78, 5) is 0. The Balaban J connectivity index is 3.18. The largest absolute Gasteiger partial charge is 0.330 e. The molecule has 0 fully saturated rings. The normalized spacial score (nSPS) is 13.9. The van der Waals surface area contributed by atoms with Gasteiger partial charge in [-0.2, -0.15) is 0 Å². The molecule has 0 aromatic heterocycles. The number of benzene rings is 1. The van der Waals surface area contributed by atoms with Crippen molar-refractivity contribution >= 4 is 0 Å². The zero-order chi connectivity index (χ0) is 14.6. The van der Waals surface area contributed by atoms with Crippen molar-refractivity contribution in [2.75, 3.05) is 6.54 Å². The summed E-state index contributed by atoms with van der Waals surface area (Å²) >= 11 is 0. The van der Waals surface area contributed by atoms with Gasteiger partial charge in [-0.1, -0.05) is 59.7 Å². The van der Waals surface area contributed by atoms with Crippen molar-refractivity contribution in [2.45, 2.75) is 65.7 Å². The molecule has 0 aliphatic heterocycles. The molecule has 0 spiro atoms. The predicted molar refractivity (Wildman–Crippen MR) is 85.8 cm³/mol. The van der Waals surface area contributed by atoms with Crippen LogP contribution >= 0.6 is 0 Å². The van der Waals surface area contributed by atoms with E-state index in [9.17, 15) is 0 Å². The zero-order valence-electron chi connectivity index (χ0n) is 13.6. The van der Waals surface area contributed by atoms with Crippen LogP contribution in [0.5, 0.6) is 0 Å². The van der Waals surface area contributed by atoms with E-state index in [-0.39, 0.29) is 5.41 Å². The molecule has 0 heterocycles. The second-order valence-electron chi connectivity index (χ2n) is 7.17. The van der Waals surface area contributed by atoms with Gasteiger partial charge >= 0.3 is 0 Å². The SMILES string of the molecule is CC(CCN)Cc1cccc(C(C)(C)C)c1C(C)C. The molecule has 0 radical (unpaired) electrons. The second kappa shape index (κ2) is 6.56. The van der Waals surface area contributed by atoms with Crippen molar-refractivity contribution < 1.29 is 0 Å². The minimum atomic E-state index is 0.215. The van der Waals surface area contributed by atoms with Crippen LogP contribution in [0, 0.1) is 5.92 Å². The Morgan fingerprint density at radius 2 is 1.74 bits per heavy atom. The molecule has 108 valence electrons. The first-order chi connectivity index (χ1) is 8.77. The van der Waals surface area contributed by atoms with Crippen molar-refractivity contribution in [3.63, 3.8) is 0 Å². The highest BCUT2D eigenvalue weighted by atomic mass is 14.5. The second-order valence-corrected chi connectivity index (χ2v) is 7.17. The van der Waals surface area contributed by atoms with Crippen LogP contribution in [-0.4, -0.2) is 6.54 Å². The highest BCUT2D eigenvalue weighted by molar-refractivity contribution is 5.41. The maximum absolute atomic E-state index is 5.68. The van der Waals surface area contributed by atoms with E-state index in [1.54, 1.807) is 5.56 Å². The van der Waals surface area contributed by atoms with Gasteiger partial charge in [0.25, 0.3) is 0 Å². The van der Waals surface area contributed by atoms with Crippen LogP contribution in [0.3, 0.4) is 0 Å². The van der Waals surface area contributed by atoms with Gasteiger partial charge in [0.05, 0.1) is 0 Å². The molecule has 0 amide bonds. The van der Waals surface area contributed by atoms with Crippen LogP contribution in [0.2, 0.25) is 0 Å². The molecule has 1 aromatic rings. The summed E-state index contributed by atoms with van der Waals surface area (Å²) in [6, 6.07) is 6.82. The van der Waals surface area contributed by atoms with Crippen LogP contribution in [-0.2, 0) is 11.8 Å². The molecule has 0 saturated carbocycles. The highest BCUT2D eigenvalue weighted by Gasteiger charge is 2.22. The molecule has 0 aliphatic rings. The minimum absolute atomic E-state index is 0.215. The average molecular weight is 261 g/mol. The third-order valence-corrected chi connectivity index (χ3v) is 3.81. The predicted octanol–water partition coefficient (Wildman–Crippen LogP) is 4.63. The average Bonchev–Trinajstić information content (AvgIpc) is 2.27. The lowest BCUT2D eigenvalue weighted by molar-refractivity contribution is 0.528. The van der Waals surface area contributed by atoms with Crippen LogP contribution in [0.25, 0.3) is 0 Å². The van der Waals surface area contributed by atoms with E-state index in [1.165, 1.54) is 11.1 Å². The van der Waals surface area contributed by atoms with Crippen LogP contribution in [0.15, 0.2) is 18.2 Å². The summed E-state index contributed by atoms with van der Waals surface area (Å²) in [5, 5.41) is 0. The molecule has 0 bridgehead atoms. The van der Waals surface area contributed by atoms with Gasteiger partial charge in [0.2, 0.25) is 0 Å². The van der Waals surface area contributed by atoms with E-state index < -0.39 is 0 Å². The van der Waals surface area contributed by atoms with Gasteiger partial charge in [-0.25, -0.2) is 0 Å². The van der Waals surface area contributed by atoms with Crippen LogP contribution in [0.1, 0.15) is 70.6 Å². The monoisotopic (exact) mass is 261 g/mol. The van der Waals surface area contributed by atoms with E-state index in [2.05, 4.69) is 59.7 Å². The van der Waals surface area contributed by atoms with Crippen molar-refractivity contribution in [3.8, 4) is 0 Å². The Labute approximate surface area is 119 Å². The Bertz CT molecular complexity index is 399. The molecule has 0 aliphatic carbocycles. The van der Waals surface area contributed by atoms with E-state index >= 15 is 0 Å². The van der Waals surface area contributed by atoms with Gasteiger partial charge in [-0.3, -0.25) is 0 Å². The minimum Gasteiger partial charge on any atom is -0.330 e. The van der Waals surface area contributed by atoms with Gasteiger partial charge in [0.1, 0.15) is 0 Å². The molecular weight excluding hydrogens is 230 g/mol. The lowest BCUT2D eigenvalue weighted by Gasteiger charge is -2.28. The van der Waals surface area contributed by atoms with Crippen LogP contribution < -0.4 is 5.73 Å². The first kappa shape index (κ1) is 16.2. The summed E-state index contributed by atoms with van der Waals surface area (Å²) in [5.74, 6) is 1.24. The van der Waals surface area contributed by atoms with Crippen LogP contribution in [0.4, 0.5) is 0 Å². The Kier molecular flexibility index (Phi) is 5.61. The quantitative estimate of drug-likeness (QED) is 0.821. The smallest absolute Gasteiger partial charge is 0.00746 e. The van der Waals surface area contributed by atoms with Crippen molar-refractivity contribution in [2.24, 2.45) is 11.7 Å². The van der Waals surface area contributed by atoms with E-state index in [4.69, 9.17) is 5.73 Å². The fourth-order valence-corrected chi connectivity index (χ4v) is 2.89. The third-order valence-electron chi connectivity index (χ3n) is 3.81. The van der Waals surface area contributed by atoms with E-state index in [1.807, 2.05) is 0 Å². The topological polar surface area (TPSA) is 26.0 Å². The molecule has 0 saturated heterocycles. The lowest BCUT2D eigenvalue weighted by Crippen LogP contribution is -2.18. The fraction of sp³-hybridized carbons (Fsp3) is 0.667. The molecule has 2 N–H and O–H groups in total. The molecule has 1 rings (SSSR count).